The van der Waals surface area contributed by atoms with E-state index in [0.717, 1.165) is 0 Å². The third-order valence-corrected chi connectivity index (χ3v) is 0.961. The predicted octanol–water partition coefficient (Wildman–Crippen LogP) is 0.837. The number of anilines is 1. The molecule has 0 aliphatic rings. The summed E-state index contributed by atoms with van der Waals surface area (Å²) in [5.41, 5.74) is 2.26. The maximum atomic E-state index is 5.48. The zero-order valence-corrected chi connectivity index (χ0v) is 6.49. The molecule has 0 fully saturated rings. The van der Waals surface area contributed by atoms with Gasteiger partial charge < -0.3 is 0 Å². The minimum Gasteiger partial charge on any atom is -0.292 e. The first-order chi connectivity index (χ1) is 4.33. The normalized spacial score (nSPS) is 8.20. The van der Waals surface area contributed by atoms with Crippen LogP contribution in [0.5, 0.6) is 0 Å². The quantitative estimate of drug-likeness (QED) is 0.382. The molecule has 0 radical (unpaired) electrons. The van der Waals surface area contributed by atoms with Crippen LogP contribution in [-0.2, 0) is 0 Å². The minimum absolute atomic E-state index is 0. The highest BCUT2D eigenvalue weighted by molar-refractivity contribution is 6.29. The number of nitrogens with one attached hydrogen (secondary N) is 1. The summed E-state index contributed by atoms with van der Waals surface area (Å²) in [6.45, 7) is 0. The van der Waals surface area contributed by atoms with Crippen molar-refractivity contribution < 1.29 is 0 Å². The highest BCUT2D eigenvalue weighted by Crippen LogP contribution is 2.03. The maximum Gasteiger partial charge on any atom is 0.238 e. The SMILES string of the molecule is Cl.NNc1nccc(Cl)n1. The Kier molecular flexibility index (Phi) is 4.02. The fourth-order valence-corrected chi connectivity index (χ4v) is 0.543. The van der Waals surface area contributed by atoms with E-state index in [2.05, 4.69) is 15.4 Å². The van der Waals surface area contributed by atoms with Gasteiger partial charge in [0.1, 0.15) is 5.15 Å². The molecule has 0 amide bonds. The molecule has 10 heavy (non-hydrogen) atoms. The first-order valence-electron chi connectivity index (χ1n) is 2.28. The first-order valence-corrected chi connectivity index (χ1v) is 2.66. The van der Waals surface area contributed by atoms with E-state index in [1.54, 1.807) is 6.07 Å². The fraction of sp³-hybridized carbons (Fsp3) is 0. The van der Waals surface area contributed by atoms with Crippen molar-refractivity contribution in [3.05, 3.63) is 17.4 Å². The fourth-order valence-electron chi connectivity index (χ4n) is 0.406. The Morgan fingerprint density at radius 1 is 1.60 bits per heavy atom. The summed E-state index contributed by atoms with van der Waals surface area (Å²) < 4.78 is 0. The largest absolute Gasteiger partial charge is 0.292 e. The van der Waals surface area contributed by atoms with Crippen molar-refractivity contribution in [3.8, 4) is 0 Å². The average Bonchev–Trinajstić information content (AvgIpc) is 1.88. The molecule has 0 saturated carbocycles. The number of nitrogen functional groups attached to an aromatic ring is 1. The minimum atomic E-state index is 0. The van der Waals surface area contributed by atoms with Crippen LogP contribution < -0.4 is 11.3 Å². The lowest BCUT2D eigenvalue weighted by molar-refractivity contribution is 1.12. The smallest absolute Gasteiger partial charge is 0.238 e. The molecule has 4 nitrogen and oxygen atoms in total. The van der Waals surface area contributed by atoms with Crippen LogP contribution in [0.1, 0.15) is 0 Å². The van der Waals surface area contributed by atoms with Gasteiger partial charge in [0.05, 0.1) is 0 Å². The molecule has 0 aromatic carbocycles. The summed E-state index contributed by atoms with van der Waals surface area (Å²) in [7, 11) is 0. The second kappa shape index (κ2) is 4.27. The van der Waals surface area contributed by atoms with E-state index in [-0.39, 0.29) is 12.4 Å². The van der Waals surface area contributed by atoms with Gasteiger partial charge in [-0.3, -0.25) is 5.43 Å². The van der Waals surface area contributed by atoms with Gasteiger partial charge in [0.15, 0.2) is 0 Å². The summed E-state index contributed by atoms with van der Waals surface area (Å²) in [5, 5.41) is 0.373. The van der Waals surface area contributed by atoms with E-state index in [4.69, 9.17) is 17.4 Å². The Hall–Kier alpha value is -0.580. The molecule has 1 heterocycles. The summed E-state index contributed by atoms with van der Waals surface area (Å²) in [5.74, 6) is 5.31. The van der Waals surface area contributed by atoms with Crippen LogP contribution in [-0.4, -0.2) is 9.97 Å². The van der Waals surface area contributed by atoms with Crippen LogP contribution in [0, 0.1) is 0 Å². The molecule has 0 bridgehead atoms. The molecule has 0 saturated heterocycles. The van der Waals surface area contributed by atoms with Crippen molar-refractivity contribution in [2.75, 3.05) is 5.43 Å². The van der Waals surface area contributed by atoms with Crippen molar-refractivity contribution in [2.24, 2.45) is 5.84 Å². The molecule has 0 spiro atoms. The molecule has 0 aliphatic heterocycles. The monoisotopic (exact) mass is 180 g/mol. The number of nitrogens with two attached hydrogens (primary N) is 1. The summed E-state index contributed by atoms with van der Waals surface area (Å²) in [6, 6.07) is 1.57. The van der Waals surface area contributed by atoms with Crippen LogP contribution >= 0.6 is 24.0 Å². The molecular formula is C4H6Cl2N4. The van der Waals surface area contributed by atoms with Gasteiger partial charge in [0, 0.05) is 6.20 Å². The molecule has 0 atom stereocenters. The summed E-state index contributed by atoms with van der Waals surface area (Å²) >= 11 is 5.48. The summed E-state index contributed by atoms with van der Waals surface area (Å²) in [6.07, 6.45) is 1.52. The highest BCUT2D eigenvalue weighted by atomic mass is 35.5. The summed E-state index contributed by atoms with van der Waals surface area (Å²) in [4.78, 5) is 7.44. The lowest BCUT2D eigenvalue weighted by Crippen LogP contribution is -2.09. The molecule has 1 aromatic rings. The van der Waals surface area contributed by atoms with Crippen LogP contribution in [0.15, 0.2) is 12.3 Å². The third-order valence-electron chi connectivity index (χ3n) is 0.751. The third kappa shape index (κ3) is 2.34. The molecule has 6 heteroatoms. The topological polar surface area (TPSA) is 63.8 Å². The van der Waals surface area contributed by atoms with Gasteiger partial charge in [-0.05, 0) is 6.07 Å². The maximum absolute atomic E-state index is 5.48. The van der Waals surface area contributed by atoms with E-state index in [9.17, 15) is 0 Å². The highest BCUT2D eigenvalue weighted by Gasteiger charge is 1.90. The van der Waals surface area contributed by atoms with Crippen molar-refractivity contribution in [1.82, 2.24) is 9.97 Å². The Morgan fingerprint density at radius 2 is 2.30 bits per heavy atom. The van der Waals surface area contributed by atoms with Crippen LogP contribution in [0.3, 0.4) is 0 Å². The van der Waals surface area contributed by atoms with Gasteiger partial charge in [-0.25, -0.2) is 15.8 Å². The molecule has 3 N–H and O–H groups in total. The predicted molar refractivity (Wildman–Crippen MR) is 42.1 cm³/mol. The number of rotatable bonds is 1. The number of hydrogen-bond donors (Lipinski definition) is 2. The number of aromatic nitrogens is 2. The Morgan fingerprint density at radius 3 is 2.70 bits per heavy atom. The molecular weight excluding hydrogens is 175 g/mol. The second-order valence-corrected chi connectivity index (χ2v) is 1.73. The van der Waals surface area contributed by atoms with E-state index < -0.39 is 0 Å². The van der Waals surface area contributed by atoms with Gasteiger partial charge in [-0.2, -0.15) is 0 Å². The van der Waals surface area contributed by atoms with E-state index in [0.29, 0.717) is 11.1 Å². The first kappa shape index (κ1) is 9.42. The number of hydrazine groups is 1. The Bertz CT molecular complexity index is 204. The van der Waals surface area contributed by atoms with Gasteiger partial charge in [0.25, 0.3) is 0 Å². The van der Waals surface area contributed by atoms with E-state index in [1.165, 1.54) is 6.20 Å². The van der Waals surface area contributed by atoms with Crippen molar-refractivity contribution >= 4 is 30.0 Å². The van der Waals surface area contributed by atoms with E-state index >= 15 is 0 Å². The number of hydrogen-bond acceptors (Lipinski definition) is 4. The lowest BCUT2D eigenvalue weighted by atomic mass is 10.7. The van der Waals surface area contributed by atoms with Crippen molar-refractivity contribution in [1.29, 1.82) is 0 Å². The van der Waals surface area contributed by atoms with Crippen LogP contribution in [0.2, 0.25) is 5.15 Å². The van der Waals surface area contributed by atoms with Gasteiger partial charge in [0.2, 0.25) is 5.95 Å². The van der Waals surface area contributed by atoms with E-state index in [1.807, 2.05) is 0 Å². The Balaban J connectivity index is 0.000000810. The number of halogens is 2. The zero-order chi connectivity index (χ0) is 6.69. The van der Waals surface area contributed by atoms with Crippen molar-refractivity contribution in [3.63, 3.8) is 0 Å². The number of nitrogens with zero attached hydrogens (tertiary/aromatic N) is 2. The zero-order valence-electron chi connectivity index (χ0n) is 4.91. The molecule has 0 aliphatic carbocycles. The molecule has 56 valence electrons. The van der Waals surface area contributed by atoms with Crippen LogP contribution in [0.4, 0.5) is 5.95 Å². The molecule has 0 unspecified atom stereocenters. The van der Waals surface area contributed by atoms with Crippen molar-refractivity contribution in [2.45, 2.75) is 0 Å². The molecule has 1 rings (SSSR count). The average molecular weight is 181 g/mol. The van der Waals surface area contributed by atoms with Crippen LogP contribution in [0.25, 0.3) is 0 Å². The van der Waals surface area contributed by atoms with Gasteiger partial charge >= 0.3 is 0 Å². The second-order valence-electron chi connectivity index (χ2n) is 1.35. The standard InChI is InChI=1S/C4H5ClN4.ClH/c5-3-1-2-7-4(8-3)9-6;/h1-2H,6H2,(H,7,8,9);1H. The lowest BCUT2D eigenvalue weighted by Gasteiger charge is -1.94. The van der Waals surface area contributed by atoms with Gasteiger partial charge in [-0.15, -0.1) is 12.4 Å². The molecule has 1 aromatic heterocycles. The Labute approximate surface area is 69.2 Å². The van der Waals surface area contributed by atoms with Gasteiger partial charge in [-0.1, -0.05) is 11.6 Å².